The Hall–Kier alpha value is -2.43. The molecule has 1 fully saturated rings. The molecule has 1 aliphatic rings. The normalized spacial score (nSPS) is 14.4. The van der Waals surface area contributed by atoms with Gasteiger partial charge < -0.3 is 10.6 Å². The average molecular weight is 282 g/mol. The van der Waals surface area contributed by atoms with E-state index in [-0.39, 0.29) is 0 Å². The highest BCUT2D eigenvalue weighted by atomic mass is 16.1. The maximum absolute atomic E-state index is 11.1. The van der Waals surface area contributed by atoms with Gasteiger partial charge in [0.2, 0.25) is 11.9 Å². The van der Waals surface area contributed by atoms with Crippen LogP contribution in [0, 0.1) is 6.92 Å². The molecule has 0 radical (unpaired) electrons. The van der Waals surface area contributed by atoms with E-state index in [0.29, 0.717) is 5.56 Å². The fourth-order valence-corrected chi connectivity index (χ4v) is 2.56. The van der Waals surface area contributed by atoms with Crippen molar-refractivity contribution in [3.05, 3.63) is 41.6 Å². The van der Waals surface area contributed by atoms with Crippen molar-refractivity contribution in [1.29, 1.82) is 0 Å². The molecule has 2 heterocycles. The molecule has 5 nitrogen and oxygen atoms in total. The van der Waals surface area contributed by atoms with Crippen molar-refractivity contribution in [1.82, 2.24) is 9.97 Å². The van der Waals surface area contributed by atoms with E-state index in [2.05, 4.69) is 14.9 Å². The van der Waals surface area contributed by atoms with E-state index in [1.54, 1.807) is 12.1 Å². The highest BCUT2D eigenvalue weighted by Crippen LogP contribution is 2.23. The number of amides is 1. The zero-order chi connectivity index (χ0) is 14.8. The first-order valence-corrected chi connectivity index (χ1v) is 7.14. The highest BCUT2D eigenvalue weighted by molar-refractivity contribution is 5.93. The number of nitrogens with zero attached hydrogens (tertiary/aromatic N) is 3. The van der Waals surface area contributed by atoms with Gasteiger partial charge in [0.1, 0.15) is 0 Å². The molecule has 21 heavy (non-hydrogen) atoms. The Labute approximate surface area is 123 Å². The number of aryl methyl sites for hydroxylation is 1. The SMILES string of the molecule is Cc1cc(-c2ccc(C(N)=O)cc2)nc(N2CCCC2)n1. The summed E-state index contributed by atoms with van der Waals surface area (Å²) in [5.41, 5.74) is 8.55. The molecule has 0 atom stereocenters. The summed E-state index contributed by atoms with van der Waals surface area (Å²) in [6.07, 6.45) is 2.39. The van der Waals surface area contributed by atoms with E-state index >= 15 is 0 Å². The molecule has 0 saturated carbocycles. The van der Waals surface area contributed by atoms with Crippen LogP contribution in [0.1, 0.15) is 28.9 Å². The summed E-state index contributed by atoms with van der Waals surface area (Å²) in [4.78, 5) is 22.5. The molecular formula is C16H18N4O. The van der Waals surface area contributed by atoms with Crippen LogP contribution in [0.4, 0.5) is 5.95 Å². The monoisotopic (exact) mass is 282 g/mol. The van der Waals surface area contributed by atoms with Crippen LogP contribution in [0.2, 0.25) is 0 Å². The third-order valence-corrected chi connectivity index (χ3v) is 3.70. The number of carbonyl (C=O) groups is 1. The molecule has 3 rings (SSSR count). The number of benzene rings is 1. The van der Waals surface area contributed by atoms with E-state index in [1.165, 1.54) is 12.8 Å². The van der Waals surface area contributed by atoms with Gasteiger partial charge in [-0.15, -0.1) is 0 Å². The standard InChI is InChI=1S/C16H18N4O/c1-11-10-14(12-4-6-13(7-5-12)15(17)21)19-16(18-11)20-8-2-3-9-20/h4-7,10H,2-3,8-9H2,1H3,(H2,17,21). The third-order valence-electron chi connectivity index (χ3n) is 3.70. The van der Waals surface area contributed by atoms with Gasteiger partial charge in [0.25, 0.3) is 0 Å². The molecule has 0 bridgehead atoms. The molecule has 108 valence electrons. The lowest BCUT2D eigenvalue weighted by atomic mass is 10.1. The minimum Gasteiger partial charge on any atom is -0.366 e. The number of hydrogen-bond acceptors (Lipinski definition) is 4. The Balaban J connectivity index is 1.95. The summed E-state index contributed by atoms with van der Waals surface area (Å²) in [5, 5.41) is 0. The Morgan fingerprint density at radius 1 is 1.14 bits per heavy atom. The Morgan fingerprint density at radius 2 is 1.81 bits per heavy atom. The van der Waals surface area contributed by atoms with Gasteiger partial charge in [0, 0.05) is 29.9 Å². The topological polar surface area (TPSA) is 72.1 Å². The molecule has 0 unspecified atom stereocenters. The van der Waals surface area contributed by atoms with Gasteiger partial charge in [0.15, 0.2) is 0 Å². The summed E-state index contributed by atoms with van der Waals surface area (Å²) < 4.78 is 0. The summed E-state index contributed by atoms with van der Waals surface area (Å²) in [7, 11) is 0. The number of aromatic nitrogens is 2. The van der Waals surface area contributed by atoms with Gasteiger partial charge in [-0.05, 0) is 38.0 Å². The van der Waals surface area contributed by atoms with Crippen molar-refractivity contribution in [3.8, 4) is 11.3 Å². The van der Waals surface area contributed by atoms with Crippen molar-refractivity contribution < 1.29 is 4.79 Å². The van der Waals surface area contributed by atoms with Crippen LogP contribution in [0.5, 0.6) is 0 Å². The zero-order valence-electron chi connectivity index (χ0n) is 12.0. The van der Waals surface area contributed by atoms with Crippen LogP contribution >= 0.6 is 0 Å². The van der Waals surface area contributed by atoms with Crippen LogP contribution in [-0.2, 0) is 0 Å². The zero-order valence-corrected chi connectivity index (χ0v) is 12.0. The first-order chi connectivity index (χ1) is 10.1. The summed E-state index contributed by atoms with van der Waals surface area (Å²) in [6, 6.07) is 9.15. The number of primary amides is 1. The van der Waals surface area contributed by atoms with Crippen LogP contribution in [-0.4, -0.2) is 29.0 Å². The fraction of sp³-hybridized carbons (Fsp3) is 0.312. The molecule has 0 aliphatic carbocycles. The fourth-order valence-electron chi connectivity index (χ4n) is 2.56. The van der Waals surface area contributed by atoms with Gasteiger partial charge in [0.05, 0.1) is 5.69 Å². The Kier molecular flexibility index (Phi) is 3.56. The summed E-state index contributed by atoms with van der Waals surface area (Å²) in [5.74, 6) is 0.375. The van der Waals surface area contributed by atoms with E-state index in [9.17, 15) is 4.79 Å². The van der Waals surface area contributed by atoms with E-state index in [4.69, 9.17) is 5.73 Å². The third kappa shape index (κ3) is 2.86. The number of nitrogens with two attached hydrogens (primary N) is 1. The molecule has 1 aromatic carbocycles. The van der Waals surface area contributed by atoms with Crippen LogP contribution in [0.25, 0.3) is 11.3 Å². The average Bonchev–Trinajstić information content (AvgIpc) is 3.01. The lowest BCUT2D eigenvalue weighted by Gasteiger charge is -2.16. The van der Waals surface area contributed by atoms with Crippen molar-refractivity contribution in [3.63, 3.8) is 0 Å². The molecule has 1 saturated heterocycles. The second-order valence-corrected chi connectivity index (χ2v) is 5.33. The smallest absolute Gasteiger partial charge is 0.248 e. The predicted molar refractivity (Wildman–Crippen MR) is 82.2 cm³/mol. The number of anilines is 1. The number of rotatable bonds is 3. The highest BCUT2D eigenvalue weighted by Gasteiger charge is 2.16. The lowest BCUT2D eigenvalue weighted by molar-refractivity contribution is 0.100. The Bertz CT molecular complexity index is 660. The molecular weight excluding hydrogens is 264 g/mol. The van der Waals surface area contributed by atoms with Crippen molar-refractivity contribution in [2.24, 2.45) is 5.73 Å². The molecule has 0 spiro atoms. The maximum atomic E-state index is 11.1. The van der Waals surface area contributed by atoms with Gasteiger partial charge in [-0.1, -0.05) is 12.1 Å². The second kappa shape index (κ2) is 5.52. The quantitative estimate of drug-likeness (QED) is 0.936. The first-order valence-electron chi connectivity index (χ1n) is 7.14. The number of hydrogen-bond donors (Lipinski definition) is 1. The minimum absolute atomic E-state index is 0.418. The molecule has 1 aliphatic heterocycles. The molecule has 1 amide bonds. The van der Waals surface area contributed by atoms with Crippen molar-refractivity contribution in [2.45, 2.75) is 19.8 Å². The summed E-state index contributed by atoms with van der Waals surface area (Å²) in [6.45, 7) is 4.01. The van der Waals surface area contributed by atoms with Crippen LogP contribution < -0.4 is 10.6 Å². The molecule has 2 N–H and O–H groups in total. The second-order valence-electron chi connectivity index (χ2n) is 5.33. The predicted octanol–water partition coefficient (Wildman–Crippen LogP) is 2.15. The minimum atomic E-state index is -0.418. The van der Waals surface area contributed by atoms with Gasteiger partial charge in [-0.3, -0.25) is 4.79 Å². The van der Waals surface area contributed by atoms with Crippen LogP contribution in [0.15, 0.2) is 30.3 Å². The van der Waals surface area contributed by atoms with Gasteiger partial charge in [-0.25, -0.2) is 9.97 Å². The lowest BCUT2D eigenvalue weighted by Crippen LogP contribution is -2.20. The van der Waals surface area contributed by atoms with Gasteiger partial charge in [-0.2, -0.15) is 0 Å². The molecule has 5 heteroatoms. The first kappa shape index (κ1) is 13.5. The molecule has 1 aromatic heterocycles. The van der Waals surface area contributed by atoms with E-state index in [0.717, 1.165) is 36.0 Å². The van der Waals surface area contributed by atoms with Gasteiger partial charge >= 0.3 is 0 Å². The van der Waals surface area contributed by atoms with Crippen molar-refractivity contribution >= 4 is 11.9 Å². The molecule has 2 aromatic rings. The van der Waals surface area contributed by atoms with E-state index < -0.39 is 5.91 Å². The maximum Gasteiger partial charge on any atom is 0.248 e. The van der Waals surface area contributed by atoms with E-state index in [1.807, 2.05) is 25.1 Å². The summed E-state index contributed by atoms with van der Waals surface area (Å²) >= 11 is 0. The number of carbonyl (C=O) groups excluding carboxylic acids is 1. The van der Waals surface area contributed by atoms with Crippen molar-refractivity contribution in [2.75, 3.05) is 18.0 Å². The largest absolute Gasteiger partial charge is 0.366 e. The van der Waals surface area contributed by atoms with Crippen LogP contribution in [0.3, 0.4) is 0 Å². The Morgan fingerprint density at radius 3 is 2.43 bits per heavy atom.